The van der Waals surface area contributed by atoms with Gasteiger partial charge in [-0.3, -0.25) is 5.84 Å². The Balaban J connectivity index is 2.44. The average molecular weight is 302 g/mol. The zero-order chi connectivity index (χ0) is 14.9. The zero-order valence-electron chi connectivity index (χ0n) is 10.8. The van der Waals surface area contributed by atoms with Crippen LogP contribution < -0.4 is 11.3 Å². The lowest BCUT2D eigenvalue weighted by Gasteiger charge is -2.18. The Morgan fingerprint density at radius 3 is 2.45 bits per heavy atom. The topological polar surface area (TPSA) is 63.8 Å². The molecule has 1 aromatic heterocycles. The fourth-order valence-electron chi connectivity index (χ4n) is 1.99. The lowest BCUT2D eigenvalue weighted by atomic mass is 9.97. The highest BCUT2D eigenvalue weighted by molar-refractivity contribution is 7.05. The van der Waals surface area contributed by atoms with Gasteiger partial charge < -0.3 is 0 Å². The molecule has 20 heavy (non-hydrogen) atoms. The Morgan fingerprint density at radius 1 is 1.30 bits per heavy atom. The van der Waals surface area contributed by atoms with Crippen LogP contribution in [0.2, 0.25) is 0 Å². The van der Waals surface area contributed by atoms with E-state index >= 15 is 0 Å². The highest BCUT2D eigenvalue weighted by atomic mass is 32.1. The number of hydrazine groups is 1. The number of aryl methyl sites for hydroxylation is 2. The van der Waals surface area contributed by atoms with Crippen LogP contribution >= 0.6 is 11.5 Å². The van der Waals surface area contributed by atoms with Crippen molar-refractivity contribution in [2.24, 2.45) is 5.84 Å². The third-order valence-electron chi connectivity index (χ3n) is 3.02. The lowest BCUT2D eigenvalue weighted by Crippen LogP contribution is -2.29. The Labute approximate surface area is 117 Å². The summed E-state index contributed by atoms with van der Waals surface area (Å²) in [6.45, 7) is 3.40. The molecule has 0 aliphatic carbocycles. The number of hydrogen-bond acceptors (Lipinski definition) is 5. The maximum atomic E-state index is 12.7. The fraction of sp³-hybridized carbons (Fsp3) is 0.333. The number of nitrogens with zero attached hydrogens (tertiary/aromatic N) is 2. The third-order valence-corrected chi connectivity index (χ3v) is 3.91. The molecule has 0 bridgehead atoms. The van der Waals surface area contributed by atoms with E-state index in [2.05, 4.69) is 15.0 Å². The summed E-state index contributed by atoms with van der Waals surface area (Å²) < 4.78 is 41.8. The highest BCUT2D eigenvalue weighted by Crippen LogP contribution is 2.33. The minimum absolute atomic E-state index is 0.419. The number of hydrogen-bond donors (Lipinski definition) is 2. The molecule has 0 aliphatic heterocycles. The number of benzene rings is 1. The maximum absolute atomic E-state index is 12.7. The molecule has 0 amide bonds. The van der Waals surface area contributed by atoms with Crippen LogP contribution in [0.1, 0.15) is 33.3 Å². The third kappa shape index (κ3) is 2.82. The molecule has 1 aromatic carbocycles. The highest BCUT2D eigenvalue weighted by Gasteiger charge is 2.31. The van der Waals surface area contributed by atoms with Crippen LogP contribution in [0, 0.1) is 13.8 Å². The lowest BCUT2D eigenvalue weighted by molar-refractivity contribution is -0.137. The van der Waals surface area contributed by atoms with Crippen molar-refractivity contribution in [3.05, 3.63) is 45.5 Å². The van der Waals surface area contributed by atoms with Crippen LogP contribution in [0.4, 0.5) is 13.2 Å². The van der Waals surface area contributed by atoms with Gasteiger partial charge in [0.15, 0.2) is 0 Å². The number of rotatable bonds is 3. The van der Waals surface area contributed by atoms with Gasteiger partial charge in [0.05, 0.1) is 22.2 Å². The van der Waals surface area contributed by atoms with Crippen LogP contribution in [0.5, 0.6) is 0 Å². The van der Waals surface area contributed by atoms with Gasteiger partial charge in [0.2, 0.25) is 0 Å². The molecule has 2 rings (SSSR count). The minimum Gasteiger partial charge on any atom is -0.271 e. The zero-order valence-corrected chi connectivity index (χ0v) is 11.6. The van der Waals surface area contributed by atoms with Gasteiger partial charge in [-0.1, -0.05) is 10.6 Å². The predicted octanol–water partition coefficient (Wildman–Crippen LogP) is 2.73. The van der Waals surface area contributed by atoms with Crippen LogP contribution in [0.15, 0.2) is 18.2 Å². The van der Waals surface area contributed by atoms with Crippen molar-refractivity contribution < 1.29 is 13.2 Å². The molecule has 0 radical (unpaired) electrons. The Kier molecular flexibility index (Phi) is 4.07. The van der Waals surface area contributed by atoms with Crippen molar-refractivity contribution in [1.29, 1.82) is 0 Å². The van der Waals surface area contributed by atoms with Gasteiger partial charge in [-0.25, -0.2) is 5.43 Å². The summed E-state index contributed by atoms with van der Waals surface area (Å²) in [6.07, 6.45) is -4.35. The van der Waals surface area contributed by atoms with Gasteiger partial charge in [0.1, 0.15) is 0 Å². The van der Waals surface area contributed by atoms with Gasteiger partial charge in [0, 0.05) is 0 Å². The molecule has 2 aromatic rings. The van der Waals surface area contributed by atoms with E-state index in [1.807, 2.05) is 0 Å². The van der Waals surface area contributed by atoms with Crippen molar-refractivity contribution in [3.63, 3.8) is 0 Å². The van der Waals surface area contributed by atoms with Crippen molar-refractivity contribution in [2.45, 2.75) is 26.1 Å². The summed E-state index contributed by atoms with van der Waals surface area (Å²) >= 11 is 1.17. The quantitative estimate of drug-likeness (QED) is 0.676. The van der Waals surface area contributed by atoms with Gasteiger partial charge in [-0.05, 0) is 48.6 Å². The summed E-state index contributed by atoms with van der Waals surface area (Å²) in [5.74, 6) is 5.54. The Hall–Kier alpha value is -1.51. The molecule has 3 N–H and O–H groups in total. The van der Waals surface area contributed by atoms with E-state index in [0.717, 1.165) is 17.0 Å². The number of aromatic nitrogens is 2. The monoisotopic (exact) mass is 302 g/mol. The molecular formula is C12H13F3N4S. The SMILES string of the molecule is Cc1cc(C(F)(F)F)ccc1C(NN)c1snnc1C. The Morgan fingerprint density at radius 2 is 2.00 bits per heavy atom. The molecule has 8 heteroatoms. The first kappa shape index (κ1) is 14.9. The van der Waals surface area contributed by atoms with Gasteiger partial charge in [-0.15, -0.1) is 5.10 Å². The van der Waals surface area contributed by atoms with Crippen LogP contribution in [0.3, 0.4) is 0 Å². The number of nitrogens with one attached hydrogen (secondary N) is 1. The maximum Gasteiger partial charge on any atom is 0.416 e. The molecule has 0 saturated heterocycles. The van der Waals surface area contributed by atoms with Gasteiger partial charge in [0.25, 0.3) is 0 Å². The molecule has 1 atom stereocenters. The molecule has 0 aliphatic rings. The molecule has 0 spiro atoms. The van der Waals surface area contributed by atoms with E-state index in [-0.39, 0.29) is 0 Å². The second kappa shape index (κ2) is 5.47. The van der Waals surface area contributed by atoms with Crippen LogP contribution in [0.25, 0.3) is 0 Å². The van der Waals surface area contributed by atoms with Crippen LogP contribution in [-0.4, -0.2) is 9.59 Å². The summed E-state index contributed by atoms with van der Waals surface area (Å²) in [4.78, 5) is 0.787. The minimum atomic E-state index is -4.35. The van der Waals surface area contributed by atoms with E-state index in [1.165, 1.54) is 17.6 Å². The number of halogens is 3. The molecular weight excluding hydrogens is 289 g/mol. The van der Waals surface area contributed by atoms with Crippen molar-refractivity contribution >= 4 is 11.5 Å². The van der Waals surface area contributed by atoms with Gasteiger partial charge in [-0.2, -0.15) is 13.2 Å². The van der Waals surface area contributed by atoms with Crippen LogP contribution in [-0.2, 0) is 6.18 Å². The van der Waals surface area contributed by atoms with E-state index < -0.39 is 17.8 Å². The standard InChI is InChI=1S/C12H13F3N4S/c1-6-5-8(12(13,14)15)3-4-9(6)10(17-16)11-7(2)18-19-20-11/h3-5,10,17H,16H2,1-2H3. The molecule has 108 valence electrons. The second-order valence-electron chi connectivity index (χ2n) is 4.39. The average Bonchev–Trinajstić information content (AvgIpc) is 2.77. The summed E-state index contributed by atoms with van der Waals surface area (Å²) in [7, 11) is 0. The first-order valence-corrected chi connectivity index (χ1v) is 6.54. The normalized spacial score (nSPS) is 13.5. The molecule has 0 fully saturated rings. The predicted molar refractivity (Wildman–Crippen MR) is 70.0 cm³/mol. The molecule has 1 heterocycles. The van der Waals surface area contributed by atoms with E-state index in [1.54, 1.807) is 13.8 Å². The summed E-state index contributed by atoms with van der Waals surface area (Å²) in [5, 5.41) is 3.89. The van der Waals surface area contributed by atoms with Crippen molar-refractivity contribution in [1.82, 2.24) is 15.0 Å². The first-order chi connectivity index (χ1) is 9.34. The first-order valence-electron chi connectivity index (χ1n) is 5.77. The second-order valence-corrected chi connectivity index (χ2v) is 5.18. The van der Waals surface area contributed by atoms with E-state index in [4.69, 9.17) is 5.84 Å². The molecule has 1 unspecified atom stereocenters. The number of nitrogens with two attached hydrogens (primary N) is 1. The van der Waals surface area contributed by atoms with E-state index in [0.29, 0.717) is 16.8 Å². The van der Waals surface area contributed by atoms with Crippen molar-refractivity contribution in [2.75, 3.05) is 0 Å². The largest absolute Gasteiger partial charge is 0.416 e. The summed E-state index contributed by atoms with van der Waals surface area (Å²) in [5.41, 5.74) is 3.83. The summed E-state index contributed by atoms with van der Waals surface area (Å²) in [6, 6.07) is 3.18. The number of alkyl halides is 3. The Bertz CT molecular complexity index is 609. The van der Waals surface area contributed by atoms with E-state index in [9.17, 15) is 13.2 Å². The molecule has 0 saturated carbocycles. The van der Waals surface area contributed by atoms with Gasteiger partial charge >= 0.3 is 6.18 Å². The van der Waals surface area contributed by atoms with Crippen molar-refractivity contribution in [3.8, 4) is 0 Å². The smallest absolute Gasteiger partial charge is 0.271 e. The fourth-order valence-corrected chi connectivity index (χ4v) is 2.71. The molecule has 4 nitrogen and oxygen atoms in total.